The van der Waals surface area contributed by atoms with Crippen molar-refractivity contribution >= 4 is 5.97 Å². The van der Waals surface area contributed by atoms with Gasteiger partial charge in [0.2, 0.25) is 0 Å². The molecule has 1 aliphatic carbocycles. The van der Waals surface area contributed by atoms with E-state index in [9.17, 15) is 4.79 Å². The van der Waals surface area contributed by atoms with Crippen LogP contribution in [0.25, 0.3) is 0 Å². The van der Waals surface area contributed by atoms with Crippen LogP contribution >= 0.6 is 0 Å². The number of carbonyl (C=O) groups is 1. The van der Waals surface area contributed by atoms with Crippen molar-refractivity contribution in [3.05, 3.63) is 0 Å². The molecule has 1 aliphatic heterocycles. The minimum absolute atomic E-state index is 0.0253. The van der Waals surface area contributed by atoms with Gasteiger partial charge in [0.1, 0.15) is 0 Å². The molecule has 1 saturated heterocycles. The van der Waals surface area contributed by atoms with Gasteiger partial charge in [0.25, 0.3) is 0 Å². The summed E-state index contributed by atoms with van der Waals surface area (Å²) in [5, 5.41) is 0. The third-order valence-electron chi connectivity index (χ3n) is 4.12. The van der Waals surface area contributed by atoms with Gasteiger partial charge in [-0.25, -0.2) is 0 Å². The monoisotopic (exact) mass is 255 g/mol. The summed E-state index contributed by atoms with van der Waals surface area (Å²) in [7, 11) is 0. The maximum absolute atomic E-state index is 11.7. The SMILES string of the molecule is CCOC(=O)C[C@@H]1CCCC[C@H]1N1CCOCC1. The number of esters is 1. The highest BCUT2D eigenvalue weighted by Crippen LogP contribution is 2.31. The first-order valence-electron chi connectivity index (χ1n) is 7.28. The van der Waals surface area contributed by atoms with Crippen LogP contribution in [0.2, 0.25) is 0 Å². The standard InChI is InChI=1S/C14H25NO3/c1-2-18-14(16)11-12-5-3-4-6-13(12)15-7-9-17-10-8-15/h12-13H,2-11H2,1H3/t12-,13+/m0/s1. The highest BCUT2D eigenvalue weighted by Gasteiger charge is 2.32. The van der Waals surface area contributed by atoms with Crippen LogP contribution in [0.3, 0.4) is 0 Å². The van der Waals surface area contributed by atoms with Crippen molar-refractivity contribution in [1.29, 1.82) is 0 Å². The average molecular weight is 255 g/mol. The van der Waals surface area contributed by atoms with Gasteiger partial charge in [-0.15, -0.1) is 0 Å². The fourth-order valence-corrected chi connectivity index (χ4v) is 3.25. The minimum atomic E-state index is -0.0253. The lowest BCUT2D eigenvalue weighted by Gasteiger charge is -2.41. The van der Waals surface area contributed by atoms with E-state index in [2.05, 4.69) is 4.90 Å². The highest BCUT2D eigenvalue weighted by molar-refractivity contribution is 5.69. The topological polar surface area (TPSA) is 38.8 Å². The summed E-state index contributed by atoms with van der Waals surface area (Å²) >= 11 is 0. The molecule has 0 bridgehead atoms. The molecule has 18 heavy (non-hydrogen) atoms. The first-order valence-corrected chi connectivity index (χ1v) is 7.28. The predicted octanol–water partition coefficient (Wildman–Crippen LogP) is 1.83. The molecular formula is C14H25NO3. The van der Waals surface area contributed by atoms with Crippen LogP contribution in [-0.4, -0.2) is 49.8 Å². The molecule has 0 unspecified atom stereocenters. The van der Waals surface area contributed by atoms with Crippen LogP contribution in [0.4, 0.5) is 0 Å². The van der Waals surface area contributed by atoms with Crippen molar-refractivity contribution in [3.8, 4) is 0 Å². The van der Waals surface area contributed by atoms with Crippen molar-refractivity contribution in [2.24, 2.45) is 5.92 Å². The van der Waals surface area contributed by atoms with Crippen LogP contribution < -0.4 is 0 Å². The van der Waals surface area contributed by atoms with Crippen LogP contribution in [0.1, 0.15) is 39.0 Å². The van der Waals surface area contributed by atoms with Crippen molar-refractivity contribution in [2.75, 3.05) is 32.9 Å². The smallest absolute Gasteiger partial charge is 0.306 e. The molecule has 2 fully saturated rings. The van der Waals surface area contributed by atoms with E-state index in [1.165, 1.54) is 25.7 Å². The number of ether oxygens (including phenoxy) is 2. The second-order valence-corrected chi connectivity index (χ2v) is 5.27. The summed E-state index contributed by atoms with van der Waals surface area (Å²) in [6.07, 6.45) is 5.53. The molecule has 0 N–H and O–H groups in total. The van der Waals surface area contributed by atoms with Gasteiger partial charge in [-0.05, 0) is 25.7 Å². The normalized spacial score (nSPS) is 30.1. The average Bonchev–Trinajstić information content (AvgIpc) is 2.40. The molecule has 4 nitrogen and oxygen atoms in total. The largest absolute Gasteiger partial charge is 0.466 e. The van der Waals surface area contributed by atoms with Gasteiger partial charge in [-0.1, -0.05) is 12.8 Å². The van der Waals surface area contributed by atoms with E-state index in [1.54, 1.807) is 0 Å². The molecule has 1 saturated carbocycles. The van der Waals surface area contributed by atoms with E-state index in [0.717, 1.165) is 26.3 Å². The predicted molar refractivity (Wildman–Crippen MR) is 69.4 cm³/mol. The third-order valence-corrected chi connectivity index (χ3v) is 4.12. The lowest BCUT2D eigenvalue weighted by atomic mass is 9.81. The maximum atomic E-state index is 11.7. The third kappa shape index (κ3) is 3.69. The van der Waals surface area contributed by atoms with Crippen molar-refractivity contribution in [3.63, 3.8) is 0 Å². The van der Waals surface area contributed by atoms with Crippen molar-refractivity contribution < 1.29 is 14.3 Å². The van der Waals surface area contributed by atoms with Crippen LogP contribution in [0, 0.1) is 5.92 Å². The number of nitrogens with zero attached hydrogens (tertiary/aromatic N) is 1. The van der Waals surface area contributed by atoms with Crippen LogP contribution in [0.15, 0.2) is 0 Å². The van der Waals surface area contributed by atoms with Gasteiger partial charge >= 0.3 is 5.97 Å². The fourth-order valence-electron chi connectivity index (χ4n) is 3.25. The van der Waals surface area contributed by atoms with Crippen LogP contribution in [0.5, 0.6) is 0 Å². The molecule has 4 heteroatoms. The second kappa shape index (κ2) is 7.10. The van der Waals surface area contributed by atoms with E-state index in [4.69, 9.17) is 9.47 Å². The molecular weight excluding hydrogens is 230 g/mol. The Balaban J connectivity index is 1.90. The van der Waals surface area contributed by atoms with E-state index < -0.39 is 0 Å². The molecule has 0 aromatic rings. The molecule has 0 amide bonds. The van der Waals surface area contributed by atoms with Gasteiger partial charge in [0, 0.05) is 25.6 Å². The van der Waals surface area contributed by atoms with Gasteiger partial charge in [-0.2, -0.15) is 0 Å². The number of hydrogen-bond donors (Lipinski definition) is 0. The molecule has 1 heterocycles. The zero-order chi connectivity index (χ0) is 12.8. The molecule has 104 valence electrons. The van der Waals surface area contributed by atoms with Gasteiger partial charge < -0.3 is 9.47 Å². The fraction of sp³-hybridized carbons (Fsp3) is 0.929. The Morgan fingerprint density at radius 1 is 1.28 bits per heavy atom. The summed E-state index contributed by atoms with van der Waals surface area (Å²) in [5.74, 6) is 0.457. The van der Waals surface area contributed by atoms with Gasteiger partial charge in [0.15, 0.2) is 0 Å². The molecule has 2 aliphatic rings. The van der Waals surface area contributed by atoms with Crippen molar-refractivity contribution in [1.82, 2.24) is 4.90 Å². The molecule has 0 spiro atoms. The van der Waals surface area contributed by atoms with Gasteiger partial charge in [-0.3, -0.25) is 9.69 Å². The summed E-state index contributed by atoms with van der Waals surface area (Å²) in [6.45, 7) is 6.07. The Hall–Kier alpha value is -0.610. The number of hydrogen-bond acceptors (Lipinski definition) is 4. The zero-order valence-corrected chi connectivity index (χ0v) is 11.4. The summed E-state index contributed by atoms with van der Waals surface area (Å²) in [4.78, 5) is 14.2. The summed E-state index contributed by atoms with van der Waals surface area (Å²) in [5.41, 5.74) is 0. The van der Waals surface area contributed by atoms with E-state index in [-0.39, 0.29) is 5.97 Å². The molecule has 0 radical (unpaired) electrons. The number of rotatable bonds is 4. The summed E-state index contributed by atoms with van der Waals surface area (Å²) in [6, 6.07) is 0.562. The first kappa shape index (κ1) is 13.8. The first-order chi connectivity index (χ1) is 8.81. The van der Waals surface area contributed by atoms with E-state index >= 15 is 0 Å². The Morgan fingerprint density at radius 2 is 2.00 bits per heavy atom. The Labute approximate surface area is 110 Å². The quantitative estimate of drug-likeness (QED) is 0.718. The zero-order valence-electron chi connectivity index (χ0n) is 11.4. The molecule has 0 aromatic heterocycles. The number of morpholine rings is 1. The van der Waals surface area contributed by atoms with Gasteiger partial charge in [0.05, 0.1) is 19.8 Å². The lowest BCUT2D eigenvalue weighted by Crippen LogP contribution is -2.48. The highest BCUT2D eigenvalue weighted by atomic mass is 16.5. The van der Waals surface area contributed by atoms with E-state index in [0.29, 0.717) is 25.0 Å². The number of carbonyl (C=O) groups excluding carboxylic acids is 1. The lowest BCUT2D eigenvalue weighted by molar-refractivity contribution is -0.145. The molecule has 2 rings (SSSR count). The van der Waals surface area contributed by atoms with Crippen molar-refractivity contribution in [2.45, 2.75) is 45.1 Å². The molecule has 2 atom stereocenters. The Morgan fingerprint density at radius 3 is 2.72 bits per heavy atom. The second-order valence-electron chi connectivity index (χ2n) is 5.27. The van der Waals surface area contributed by atoms with Crippen LogP contribution in [-0.2, 0) is 14.3 Å². The summed E-state index contributed by atoms with van der Waals surface area (Å²) < 4.78 is 10.5. The minimum Gasteiger partial charge on any atom is -0.466 e. The maximum Gasteiger partial charge on any atom is 0.306 e. The van der Waals surface area contributed by atoms with E-state index in [1.807, 2.05) is 6.92 Å². The Bertz CT molecular complexity index is 264. The molecule has 0 aromatic carbocycles. The Kier molecular flexibility index (Phi) is 5.45.